The first-order chi connectivity index (χ1) is 7.60. The van der Waals surface area contributed by atoms with Gasteiger partial charge < -0.3 is 0 Å². The topological polar surface area (TPSA) is 23.8 Å². The second-order valence-corrected chi connectivity index (χ2v) is 3.81. The van der Waals surface area contributed by atoms with Crippen molar-refractivity contribution in [1.82, 2.24) is 0 Å². The molecule has 0 N–H and O–H groups in total. The first-order valence-corrected chi connectivity index (χ1v) is 5.44. The van der Waals surface area contributed by atoms with E-state index in [-0.39, 0.29) is 12.0 Å². The number of benzene rings is 1. The molecular weight excluding hydrogens is 208 g/mol. The Morgan fingerprint density at radius 3 is 2.38 bits per heavy atom. The summed E-state index contributed by atoms with van der Waals surface area (Å²) >= 11 is 0. The minimum absolute atomic E-state index is 0.00241. The van der Waals surface area contributed by atoms with Crippen LogP contribution in [0.25, 0.3) is 0 Å². The third-order valence-electron chi connectivity index (χ3n) is 2.47. The Balaban J connectivity index is 2.76. The van der Waals surface area contributed by atoms with Gasteiger partial charge in [0.05, 0.1) is 6.07 Å². The predicted molar refractivity (Wildman–Crippen MR) is 59.2 cm³/mol. The maximum absolute atomic E-state index is 13.5. The van der Waals surface area contributed by atoms with Crippen LogP contribution in [-0.4, -0.2) is 0 Å². The number of nitriles is 1. The van der Waals surface area contributed by atoms with Crippen LogP contribution < -0.4 is 0 Å². The largest absolute Gasteiger partial charge is 0.274 e. The Morgan fingerprint density at radius 1 is 1.25 bits per heavy atom. The minimum atomic E-state index is -2.89. The molecular formula is C13H15F2N. The van der Waals surface area contributed by atoms with Crippen molar-refractivity contribution in [3.63, 3.8) is 0 Å². The lowest BCUT2D eigenvalue weighted by Crippen LogP contribution is -2.12. The van der Waals surface area contributed by atoms with Gasteiger partial charge in [-0.1, -0.05) is 37.6 Å². The Bertz CT molecular complexity index is 363. The fourth-order valence-electron chi connectivity index (χ4n) is 1.56. The van der Waals surface area contributed by atoms with Gasteiger partial charge in [-0.3, -0.25) is 0 Å². The van der Waals surface area contributed by atoms with Gasteiger partial charge in [-0.05, 0) is 12.0 Å². The number of hydrogen-bond acceptors (Lipinski definition) is 1. The van der Waals surface area contributed by atoms with Crippen molar-refractivity contribution >= 4 is 0 Å². The van der Waals surface area contributed by atoms with Crippen molar-refractivity contribution in [2.24, 2.45) is 0 Å². The van der Waals surface area contributed by atoms with Crippen LogP contribution >= 0.6 is 0 Å². The number of nitrogens with zero attached hydrogens (tertiary/aromatic N) is 1. The lowest BCUT2D eigenvalue weighted by atomic mass is 10.0. The molecule has 3 heteroatoms. The Hall–Kier alpha value is -1.43. The second-order valence-electron chi connectivity index (χ2n) is 3.81. The van der Waals surface area contributed by atoms with Crippen LogP contribution in [0.5, 0.6) is 0 Å². The summed E-state index contributed by atoms with van der Waals surface area (Å²) in [4.78, 5) is 0. The van der Waals surface area contributed by atoms with E-state index >= 15 is 0 Å². The summed E-state index contributed by atoms with van der Waals surface area (Å²) in [7, 11) is 0. The molecule has 0 aliphatic heterocycles. The Labute approximate surface area is 94.7 Å². The maximum Gasteiger partial charge on any atom is 0.274 e. The van der Waals surface area contributed by atoms with E-state index in [0.29, 0.717) is 0 Å². The van der Waals surface area contributed by atoms with E-state index in [1.807, 2.05) is 0 Å². The van der Waals surface area contributed by atoms with Crippen LogP contribution in [0.4, 0.5) is 8.78 Å². The highest BCUT2D eigenvalue weighted by atomic mass is 19.3. The van der Waals surface area contributed by atoms with E-state index in [1.54, 1.807) is 18.2 Å². The number of alkyl halides is 2. The van der Waals surface area contributed by atoms with Gasteiger partial charge in [-0.2, -0.15) is 5.26 Å². The smallest absolute Gasteiger partial charge is 0.201 e. The molecule has 0 aliphatic carbocycles. The lowest BCUT2D eigenvalue weighted by molar-refractivity contribution is -0.0119. The first kappa shape index (κ1) is 12.6. The normalized spacial score (nSPS) is 11.1. The summed E-state index contributed by atoms with van der Waals surface area (Å²) in [5, 5.41) is 8.31. The zero-order valence-corrected chi connectivity index (χ0v) is 9.34. The van der Waals surface area contributed by atoms with Crippen molar-refractivity contribution in [3.05, 3.63) is 35.4 Å². The van der Waals surface area contributed by atoms with Crippen LogP contribution in [-0.2, 0) is 12.3 Å². The van der Waals surface area contributed by atoms with Gasteiger partial charge in [0.25, 0.3) is 5.92 Å². The van der Waals surface area contributed by atoms with Crippen LogP contribution in [0.1, 0.15) is 37.3 Å². The van der Waals surface area contributed by atoms with Crippen LogP contribution in [0.2, 0.25) is 0 Å². The highest BCUT2D eigenvalue weighted by Crippen LogP contribution is 2.32. The average molecular weight is 223 g/mol. The molecule has 1 nitrogen and oxygen atoms in total. The summed E-state index contributed by atoms with van der Waals surface area (Å²) in [5.74, 6) is -2.89. The van der Waals surface area contributed by atoms with Crippen molar-refractivity contribution in [3.8, 4) is 6.07 Å². The summed E-state index contributed by atoms with van der Waals surface area (Å²) in [6.07, 6.45) is 1.38. The van der Waals surface area contributed by atoms with Crippen molar-refractivity contribution in [1.29, 1.82) is 5.26 Å². The molecule has 0 radical (unpaired) electrons. The third kappa shape index (κ3) is 3.30. The summed E-state index contributed by atoms with van der Waals surface area (Å²) < 4.78 is 27.0. The van der Waals surface area contributed by atoms with Gasteiger partial charge in [0, 0.05) is 18.4 Å². The summed E-state index contributed by atoms with van der Waals surface area (Å²) in [6.45, 7) is 2.05. The zero-order valence-electron chi connectivity index (χ0n) is 9.34. The van der Waals surface area contributed by atoms with E-state index in [0.717, 1.165) is 18.4 Å². The SMILES string of the molecule is CCCc1ccc(C(F)(F)CCC#N)cc1. The molecule has 1 aromatic carbocycles. The maximum atomic E-state index is 13.5. The molecule has 0 bridgehead atoms. The molecule has 1 rings (SSSR count). The molecule has 0 aromatic heterocycles. The molecule has 86 valence electrons. The van der Waals surface area contributed by atoms with Crippen molar-refractivity contribution in [2.45, 2.75) is 38.5 Å². The predicted octanol–water partition coefficient (Wildman–Crippen LogP) is 4.03. The van der Waals surface area contributed by atoms with Gasteiger partial charge in [0.2, 0.25) is 0 Å². The number of hydrogen-bond donors (Lipinski definition) is 0. The van der Waals surface area contributed by atoms with Crippen LogP contribution in [0, 0.1) is 11.3 Å². The molecule has 0 saturated carbocycles. The highest BCUT2D eigenvalue weighted by molar-refractivity contribution is 5.26. The minimum Gasteiger partial charge on any atom is -0.201 e. The molecule has 0 amide bonds. The van der Waals surface area contributed by atoms with E-state index in [9.17, 15) is 8.78 Å². The lowest BCUT2D eigenvalue weighted by Gasteiger charge is -2.15. The molecule has 0 fully saturated rings. The van der Waals surface area contributed by atoms with Gasteiger partial charge >= 0.3 is 0 Å². The summed E-state index contributed by atoms with van der Waals surface area (Å²) in [6, 6.07) is 8.14. The molecule has 16 heavy (non-hydrogen) atoms. The number of rotatable bonds is 5. The monoisotopic (exact) mass is 223 g/mol. The van der Waals surface area contributed by atoms with Crippen molar-refractivity contribution in [2.75, 3.05) is 0 Å². The van der Waals surface area contributed by atoms with E-state index in [4.69, 9.17) is 5.26 Å². The number of aryl methyl sites for hydroxylation is 1. The van der Waals surface area contributed by atoms with Gasteiger partial charge in [-0.25, -0.2) is 8.78 Å². The standard InChI is InChI=1S/C13H15F2N/c1-2-4-11-5-7-12(8-6-11)13(14,15)9-3-10-16/h5-8H,2-4,9H2,1H3. The fraction of sp³-hybridized carbons (Fsp3) is 0.462. The molecule has 0 atom stereocenters. The molecule has 0 heterocycles. The quantitative estimate of drug-likeness (QED) is 0.739. The van der Waals surface area contributed by atoms with Gasteiger partial charge in [0.1, 0.15) is 0 Å². The average Bonchev–Trinajstić information content (AvgIpc) is 2.28. The second kappa shape index (κ2) is 5.60. The number of halogens is 2. The summed E-state index contributed by atoms with van der Waals surface area (Å²) in [5.41, 5.74) is 1.07. The van der Waals surface area contributed by atoms with Crippen LogP contribution in [0.15, 0.2) is 24.3 Å². The Morgan fingerprint density at radius 2 is 1.88 bits per heavy atom. The molecule has 0 aliphatic rings. The molecule has 0 unspecified atom stereocenters. The van der Waals surface area contributed by atoms with Gasteiger partial charge in [0.15, 0.2) is 0 Å². The highest BCUT2D eigenvalue weighted by Gasteiger charge is 2.30. The van der Waals surface area contributed by atoms with Gasteiger partial charge in [-0.15, -0.1) is 0 Å². The van der Waals surface area contributed by atoms with Crippen LogP contribution in [0.3, 0.4) is 0 Å². The molecule has 0 saturated heterocycles. The van der Waals surface area contributed by atoms with E-state index < -0.39 is 12.3 Å². The van der Waals surface area contributed by atoms with Crippen molar-refractivity contribution < 1.29 is 8.78 Å². The first-order valence-electron chi connectivity index (χ1n) is 5.44. The van der Waals surface area contributed by atoms with E-state index in [2.05, 4.69) is 6.92 Å². The fourth-order valence-corrected chi connectivity index (χ4v) is 1.56. The zero-order chi connectivity index (χ0) is 12.0. The third-order valence-corrected chi connectivity index (χ3v) is 2.47. The molecule has 1 aromatic rings. The molecule has 0 spiro atoms. The van der Waals surface area contributed by atoms with E-state index in [1.165, 1.54) is 12.1 Å². The Kier molecular flexibility index (Phi) is 4.42.